The number of rotatable bonds is 4. The molecule has 6 nitrogen and oxygen atoms in total. The second kappa shape index (κ2) is 7.85. The first-order chi connectivity index (χ1) is 13.5. The fraction of sp³-hybridized carbons (Fsp3) is 0.250. The number of fused-ring (bicyclic) bond motifs is 1. The minimum Gasteiger partial charge on any atom is -0.337 e. The van der Waals surface area contributed by atoms with Crippen LogP contribution in [0.4, 0.5) is 0 Å². The Morgan fingerprint density at radius 1 is 1.14 bits per heavy atom. The number of carbonyl (C=O) groups excluding carboxylic acids is 1. The molecular formula is C20H20ClN5OS. The molecule has 1 aliphatic rings. The number of aromatic nitrogens is 3. The highest BCUT2D eigenvalue weighted by Gasteiger charge is 2.27. The molecule has 1 atom stereocenters. The lowest BCUT2D eigenvalue weighted by molar-refractivity contribution is -0.131. The average molecular weight is 414 g/mol. The number of nitrogen functional groups attached to an aromatic ring is 1. The Kier molecular flexibility index (Phi) is 5.28. The summed E-state index contributed by atoms with van der Waals surface area (Å²) in [6.45, 7) is 3.23. The molecule has 4 rings (SSSR count). The molecule has 1 aromatic heterocycles. The van der Waals surface area contributed by atoms with E-state index in [1.807, 2.05) is 42.2 Å². The molecule has 2 N–H and O–H groups in total. The van der Waals surface area contributed by atoms with Crippen molar-refractivity contribution in [1.29, 1.82) is 0 Å². The van der Waals surface area contributed by atoms with Crippen LogP contribution in [0, 0.1) is 0 Å². The lowest BCUT2D eigenvalue weighted by Gasteiger charge is -2.30. The van der Waals surface area contributed by atoms with E-state index in [-0.39, 0.29) is 11.2 Å². The van der Waals surface area contributed by atoms with Crippen molar-refractivity contribution in [2.24, 2.45) is 0 Å². The number of carbonyl (C=O) groups is 1. The van der Waals surface area contributed by atoms with Gasteiger partial charge < -0.3 is 10.7 Å². The van der Waals surface area contributed by atoms with Gasteiger partial charge in [0.2, 0.25) is 11.1 Å². The molecule has 0 aliphatic carbocycles. The maximum Gasteiger partial charge on any atom is 0.236 e. The molecule has 0 fully saturated rings. The summed E-state index contributed by atoms with van der Waals surface area (Å²) in [7, 11) is 0. The van der Waals surface area contributed by atoms with Crippen LogP contribution in [-0.4, -0.2) is 37.5 Å². The summed E-state index contributed by atoms with van der Waals surface area (Å²) in [6, 6.07) is 15.6. The number of nitrogens with two attached hydrogens (primary N) is 1. The van der Waals surface area contributed by atoms with Gasteiger partial charge in [0.25, 0.3) is 0 Å². The van der Waals surface area contributed by atoms with Gasteiger partial charge in [-0.25, -0.2) is 4.68 Å². The predicted octanol–water partition coefficient (Wildman–Crippen LogP) is 3.38. The molecule has 0 unspecified atom stereocenters. The monoisotopic (exact) mass is 413 g/mol. The van der Waals surface area contributed by atoms with E-state index in [9.17, 15) is 4.79 Å². The maximum absolute atomic E-state index is 12.9. The van der Waals surface area contributed by atoms with Gasteiger partial charge >= 0.3 is 0 Å². The topological polar surface area (TPSA) is 77.0 Å². The van der Waals surface area contributed by atoms with Crippen molar-refractivity contribution in [3.63, 3.8) is 0 Å². The third-order valence-electron chi connectivity index (χ3n) is 4.85. The first-order valence-corrected chi connectivity index (χ1v) is 10.3. The summed E-state index contributed by atoms with van der Waals surface area (Å²) in [6.07, 6.45) is 0.878. The first-order valence-electron chi connectivity index (χ1n) is 9.02. The Balaban J connectivity index is 1.48. The number of hydrogen-bond donors (Lipinski definition) is 1. The minimum absolute atomic E-state index is 0.0711. The van der Waals surface area contributed by atoms with E-state index in [0.717, 1.165) is 13.0 Å². The van der Waals surface area contributed by atoms with Crippen molar-refractivity contribution >= 4 is 29.3 Å². The van der Waals surface area contributed by atoms with Crippen molar-refractivity contribution in [1.82, 2.24) is 19.8 Å². The van der Waals surface area contributed by atoms with Gasteiger partial charge in [-0.05, 0) is 36.6 Å². The fourth-order valence-corrected chi connectivity index (χ4v) is 4.41. The second-order valence-electron chi connectivity index (χ2n) is 6.69. The van der Waals surface area contributed by atoms with Crippen molar-refractivity contribution < 1.29 is 4.79 Å². The van der Waals surface area contributed by atoms with Gasteiger partial charge in [0, 0.05) is 18.7 Å². The van der Waals surface area contributed by atoms with Gasteiger partial charge in [-0.1, -0.05) is 59.8 Å². The van der Waals surface area contributed by atoms with Crippen LogP contribution in [0.15, 0.2) is 53.7 Å². The van der Waals surface area contributed by atoms with Crippen LogP contribution in [0.25, 0.3) is 11.4 Å². The van der Waals surface area contributed by atoms with Gasteiger partial charge in [-0.3, -0.25) is 4.79 Å². The van der Waals surface area contributed by atoms with E-state index in [4.69, 9.17) is 17.4 Å². The highest BCUT2D eigenvalue weighted by molar-refractivity contribution is 8.00. The zero-order valence-electron chi connectivity index (χ0n) is 15.4. The van der Waals surface area contributed by atoms with Gasteiger partial charge in [-0.2, -0.15) is 0 Å². The highest BCUT2D eigenvalue weighted by Crippen LogP contribution is 2.30. The van der Waals surface area contributed by atoms with Crippen LogP contribution in [0.3, 0.4) is 0 Å². The molecule has 28 heavy (non-hydrogen) atoms. The van der Waals surface area contributed by atoms with Crippen molar-refractivity contribution in [3.05, 3.63) is 64.7 Å². The SMILES string of the molecule is C[C@@H](Sc1nnc(-c2ccccc2Cl)n1N)C(=O)N1CCc2ccccc2C1. The Hall–Kier alpha value is -2.51. The number of thioether (sulfide) groups is 1. The molecule has 0 radical (unpaired) electrons. The standard InChI is InChI=1S/C20H20ClN5OS/c1-13(19(27)25-11-10-14-6-2-3-7-15(14)12-25)28-20-24-23-18(26(20)22)16-8-4-5-9-17(16)21/h2-9,13H,10-12,22H2,1H3/t13-/m1/s1. The summed E-state index contributed by atoms with van der Waals surface area (Å²) >= 11 is 7.54. The smallest absolute Gasteiger partial charge is 0.236 e. The molecule has 144 valence electrons. The normalized spacial score (nSPS) is 14.6. The van der Waals surface area contributed by atoms with E-state index in [1.54, 1.807) is 6.07 Å². The van der Waals surface area contributed by atoms with Gasteiger partial charge in [0.1, 0.15) is 0 Å². The van der Waals surface area contributed by atoms with Crippen LogP contribution in [0.2, 0.25) is 5.02 Å². The molecule has 8 heteroatoms. The summed E-state index contributed by atoms with van der Waals surface area (Å²) in [5, 5.41) is 9.02. The number of nitrogens with zero attached hydrogens (tertiary/aromatic N) is 4. The van der Waals surface area contributed by atoms with Gasteiger partial charge in [-0.15, -0.1) is 10.2 Å². The molecule has 0 spiro atoms. The zero-order chi connectivity index (χ0) is 19.7. The van der Waals surface area contributed by atoms with Crippen molar-refractivity contribution in [3.8, 4) is 11.4 Å². The molecule has 0 saturated carbocycles. The number of amides is 1. The van der Waals surface area contributed by atoms with Gasteiger partial charge in [0.15, 0.2) is 5.82 Å². The van der Waals surface area contributed by atoms with Gasteiger partial charge in [0.05, 0.1) is 10.3 Å². The molecule has 3 aromatic rings. The van der Waals surface area contributed by atoms with E-state index >= 15 is 0 Å². The maximum atomic E-state index is 12.9. The van der Waals surface area contributed by atoms with E-state index in [1.165, 1.54) is 27.6 Å². The van der Waals surface area contributed by atoms with Crippen LogP contribution >= 0.6 is 23.4 Å². The lowest BCUT2D eigenvalue weighted by Crippen LogP contribution is -2.40. The molecule has 0 bridgehead atoms. The second-order valence-corrected chi connectivity index (χ2v) is 8.41. The Labute approximate surface area is 172 Å². The third-order valence-corrected chi connectivity index (χ3v) is 6.23. The Bertz CT molecular complexity index is 1020. The average Bonchev–Trinajstić information content (AvgIpc) is 3.07. The predicted molar refractivity (Wildman–Crippen MR) is 112 cm³/mol. The molecule has 1 aliphatic heterocycles. The van der Waals surface area contributed by atoms with Crippen LogP contribution in [-0.2, 0) is 17.8 Å². The largest absolute Gasteiger partial charge is 0.337 e. The van der Waals surface area contributed by atoms with E-state index in [2.05, 4.69) is 22.3 Å². The summed E-state index contributed by atoms with van der Waals surface area (Å²) in [4.78, 5) is 14.8. The molecular weight excluding hydrogens is 394 g/mol. The van der Waals surface area contributed by atoms with Crippen LogP contribution < -0.4 is 5.84 Å². The molecule has 1 amide bonds. The number of hydrogen-bond acceptors (Lipinski definition) is 5. The summed E-state index contributed by atoms with van der Waals surface area (Å²) < 4.78 is 1.39. The third kappa shape index (κ3) is 3.59. The summed E-state index contributed by atoms with van der Waals surface area (Å²) in [5.41, 5.74) is 3.23. The lowest BCUT2D eigenvalue weighted by atomic mass is 10.00. The van der Waals surface area contributed by atoms with E-state index in [0.29, 0.717) is 28.1 Å². The minimum atomic E-state index is -0.323. The van der Waals surface area contributed by atoms with Crippen molar-refractivity contribution in [2.45, 2.75) is 30.3 Å². The summed E-state index contributed by atoms with van der Waals surface area (Å²) in [5.74, 6) is 6.72. The van der Waals surface area contributed by atoms with Crippen LogP contribution in [0.1, 0.15) is 18.1 Å². The molecule has 2 aromatic carbocycles. The van der Waals surface area contributed by atoms with Crippen molar-refractivity contribution in [2.75, 3.05) is 12.4 Å². The highest BCUT2D eigenvalue weighted by atomic mass is 35.5. The Morgan fingerprint density at radius 3 is 2.64 bits per heavy atom. The zero-order valence-corrected chi connectivity index (χ0v) is 17.0. The quantitative estimate of drug-likeness (QED) is 0.524. The fourth-order valence-electron chi connectivity index (χ4n) is 3.33. The molecule has 2 heterocycles. The number of halogens is 1. The first kappa shape index (κ1) is 18.8. The Morgan fingerprint density at radius 2 is 1.86 bits per heavy atom. The number of benzene rings is 2. The molecule has 0 saturated heterocycles. The van der Waals surface area contributed by atoms with Crippen LogP contribution in [0.5, 0.6) is 0 Å². The van der Waals surface area contributed by atoms with E-state index < -0.39 is 0 Å².